The van der Waals surface area contributed by atoms with Crippen LogP contribution >= 0.6 is 0 Å². The van der Waals surface area contributed by atoms with Crippen LogP contribution in [0.25, 0.3) is 0 Å². The van der Waals surface area contributed by atoms with Crippen molar-refractivity contribution in [2.24, 2.45) is 11.7 Å². The first-order valence-electron chi connectivity index (χ1n) is 6.44. The van der Waals surface area contributed by atoms with Crippen LogP contribution in [0.3, 0.4) is 0 Å². The summed E-state index contributed by atoms with van der Waals surface area (Å²) in [5.74, 6) is 0.695. The minimum Gasteiger partial charge on any atom is -0.380 e. The van der Waals surface area contributed by atoms with Crippen molar-refractivity contribution in [2.75, 3.05) is 19.8 Å². The smallest absolute Gasteiger partial charge is 0.0619 e. The third kappa shape index (κ3) is 3.16. The summed E-state index contributed by atoms with van der Waals surface area (Å²) in [4.78, 5) is 0. The lowest BCUT2D eigenvalue weighted by molar-refractivity contribution is 0.0601. The molecule has 0 aromatic heterocycles. The van der Waals surface area contributed by atoms with E-state index in [1.54, 1.807) is 0 Å². The Balaban J connectivity index is 1.79. The van der Waals surface area contributed by atoms with Crippen LogP contribution in [0, 0.1) is 5.92 Å². The molecule has 88 valence electrons. The molecule has 0 radical (unpaired) electrons. The van der Waals surface area contributed by atoms with Crippen LogP contribution in [0.1, 0.15) is 38.5 Å². The summed E-state index contributed by atoms with van der Waals surface area (Å²) in [6.07, 6.45) is 7.81. The van der Waals surface area contributed by atoms with E-state index in [0.29, 0.717) is 18.0 Å². The molecule has 3 N–H and O–H groups in total. The fraction of sp³-hybridized carbons (Fsp3) is 1.00. The summed E-state index contributed by atoms with van der Waals surface area (Å²) in [6, 6.07) is 1.23. The number of ether oxygens (including phenoxy) is 1. The summed E-state index contributed by atoms with van der Waals surface area (Å²) < 4.78 is 5.50. The van der Waals surface area contributed by atoms with Gasteiger partial charge in [0.15, 0.2) is 0 Å². The van der Waals surface area contributed by atoms with Crippen LogP contribution in [0.4, 0.5) is 0 Å². The van der Waals surface area contributed by atoms with Gasteiger partial charge < -0.3 is 15.8 Å². The molecule has 0 spiro atoms. The van der Waals surface area contributed by atoms with Gasteiger partial charge in [0.1, 0.15) is 0 Å². The van der Waals surface area contributed by atoms with Crippen LogP contribution in [0.5, 0.6) is 0 Å². The molecule has 0 amide bonds. The van der Waals surface area contributed by atoms with Crippen molar-refractivity contribution in [2.45, 2.75) is 50.6 Å². The van der Waals surface area contributed by atoms with Gasteiger partial charge >= 0.3 is 0 Å². The molecule has 3 unspecified atom stereocenters. The number of rotatable bonds is 3. The molecule has 1 aliphatic carbocycles. The third-order valence-electron chi connectivity index (χ3n) is 3.82. The topological polar surface area (TPSA) is 47.3 Å². The van der Waals surface area contributed by atoms with Gasteiger partial charge in [-0.1, -0.05) is 12.8 Å². The Morgan fingerprint density at radius 2 is 2.00 bits per heavy atom. The van der Waals surface area contributed by atoms with Crippen molar-refractivity contribution < 1.29 is 4.74 Å². The molecule has 2 rings (SSSR count). The Labute approximate surface area is 92.7 Å². The first-order chi connectivity index (χ1) is 7.40. The summed E-state index contributed by atoms with van der Waals surface area (Å²) in [5, 5.41) is 3.75. The fourth-order valence-electron chi connectivity index (χ4n) is 2.88. The maximum atomic E-state index is 5.83. The Hall–Kier alpha value is -0.120. The van der Waals surface area contributed by atoms with E-state index in [2.05, 4.69) is 5.32 Å². The average molecular weight is 212 g/mol. The van der Waals surface area contributed by atoms with E-state index in [4.69, 9.17) is 10.5 Å². The molecule has 0 bridgehead atoms. The van der Waals surface area contributed by atoms with Crippen LogP contribution in [0.15, 0.2) is 0 Å². The minimum atomic E-state index is 0.580. The van der Waals surface area contributed by atoms with Crippen LogP contribution in [0.2, 0.25) is 0 Å². The molecule has 3 nitrogen and oxygen atoms in total. The first kappa shape index (κ1) is 11.4. The van der Waals surface area contributed by atoms with Crippen LogP contribution in [-0.4, -0.2) is 31.8 Å². The van der Waals surface area contributed by atoms with Gasteiger partial charge in [-0.3, -0.25) is 0 Å². The van der Waals surface area contributed by atoms with Gasteiger partial charge in [-0.2, -0.15) is 0 Å². The predicted octanol–water partition coefficient (Wildman–Crippen LogP) is 1.27. The predicted molar refractivity (Wildman–Crippen MR) is 61.8 cm³/mol. The van der Waals surface area contributed by atoms with Crippen molar-refractivity contribution in [1.29, 1.82) is 0 Å². The summed E-state index contributed by atoms with van der Waals surface area (Å²) in [6.45, 7) is 2.68. The zero-order chi connectivity index (χ0) is 10.5. The fourth-order valence-corrected chi connectivity index (χ4v) is 2.88. The maximum Gasteiger partial charge on any atom is 0.0619 e. The van der Waals surface area contributed by atoms with Crippen LogP contribution in [-0.2, 0) is 4.74 Å². The van der Waals surface area contributed by atoms with Crippen molar-refractivity contribution in [1.82, 2.24) is 5.32 Å². The number of hydrogen-bond donors (Lipinski definition) is 2. The molecule has 3 atom stereocenters. The molecular formula is C12H24N2O. The van der Waals surface area contributed by atoms with Crippen molar-refractivity contribution >= 4 is 0 Å². The molecular weight excluding hydrogens is 188 g/mol. The largest absolute Gasteiger partial charge is 0.380 e. The lowest BCUT2D eigenvalue weighted by Crippen LogP contribution is -2.49. The lowest BCUT2D eigenvalue weighted by atomic mass is 9.84. The second-order valence-electron chi connectivity index (χ2n) is 4.97. The Bertz CT molecular complexity index is 180. The van der Waals surface area contributed by atoms with E-state index >= 15 is 0 Å². The second-order valence-corrected chi connectivity index (χ2v) is 4.97. The quantitative estimate of drug-likeness (QED) is 0.740. The Morgan fingerprint density at radius 1 is 1.13 bits per heavy atom. The van der Waals surface area contributed by atoms with Crippen LogP contribution < -0.4 is 11.1 Å². The molecule has 0 aromatic carbocycles. The molecule has 3 heteroatoms. The monoisotopic (exact) mass is 212 g/mol. The highest BCUT2D eigenvalue weighted by atomic mass is 16.5. The van der Waals surface area contributed by atoms with E-state index < -0.39 is 0 Å². The zero-order valence-electron chi connectivity index (χ0n) is 9.58. The highest BCUT2D eigenvalue weighted by Gasteiger charge is 2.26. The summed E-state index contributed by atoms with van der Waals surface area (Å²) in [5.41, 5.74) is 5.83. The molecule has 1 aliphatic heterocycles. The van der Waals surface area contributed by atoms with Gasteiger partial charge in [0.25, 0.3) is 0 Å². The van der Waals surface area contributed by atoms with Crippen molar-refractivity contribution in [3.8, 4) is 0 Å². The molecule has 15 heavy (non-hydrogen) atoms. The molecule has 2 aliphatic rings. The van der Waals surface area contributed by atoms with Gasteiger partial charge in [0.2, 0.25) is 0 Å². The first-order valence-corrected chi connectivity index (χ1v) is 6.44. The van der Waals surface area contributed by atoms with Crippen molar-refractivity contribution in [3.05, 3.63) is 0 Å². The highest BCUT2D eigenvalue weighted by molar-refractivity contribution is 4.85. The van der Waals surface area contributed by atoms with E-state index in [9.17, 15) is 0 Å². The number of nitrogens with one attached hydrogen (secondary N) is 1. The maximum absolute atomic E-state index is 5.83. The number of hydrogen-bond acceptors (Lipinski definition) is 3. The lowest BCUT2D eigenvalue weighted by Gasteiger charge is -2.35. The Morgan fingerprint density at radius 3 is 2.73 bits per heavy atom. The second kappa shape index (κ2) is 5.83. The standard InChI is InChI=1S/C12H24N2O/c13-8-10-4-1-2-6-12(10)14-11-5-3-7-15-9-11/h10-12,14H,1-9,13H2. The number of nitrogens with two attached hydrogens (primary N) is 1. The van der Waals surface area contributed by atoms with Gasteiger partial charge in [-0.05, 0) is 38.1 Å². The normalized spacial score (nSPS) is 37.8. The molecule has 0 aromatic rings. The van der Waals surface area contributed by atoms with Gasteiger partial charge in [-0.25, -0.2) is 0 Å². The zero-order valence-corrected chi connectivity index (χ0v) is 9.58. The van der Waals surface area contributed by atoms with Gasteiger partial charge in [0, 0.05) is 18.7 Å². The van der Waals surface area contributed by atoms with E-state index in [1.165, 1.54) is 38.5 Å². The molecule has 2 fully saturated rings. The SMILES string of the molecule is NCC1CCCCC1NC1CCCOC1. The van der Waals surface area contributed by atoms with Gasteiger partial charge in [0.05, 0.1) is 6.61 Å². The minimum absolute atomic E-state index is 0.580. The average Bonchev–Trinajstić information content (AvgIpc) is 2.31. The summed E-state index contributed by atoms with van der Waals surface area (Å²) >= 11 is 0. The molecule has 1 saturated heterocycles. The molecule has 1 heterocycles. The van der Waals surface area contributed by atoms with Gasteiger partial charge in [-0.15, -0.1) is 0 Å². The Kier molecular flexibility index (Phi) is 4.42. The van der Waals surface area contributed by atoms with E-state index in [0.717, 1.165) is 19.8 Å². The molecule has 1 saturated carbocycles. The van der Waals surface area contributed by atoms with Crippen molar-refractivity contribution in [3.63, 3.8) is 0 Å². The van der Waals surface area contributed by atoms with E-state index in [-0.39, 0.29) is 0 Å². The third-order valence-corrected chi connectivity index (χ3v) is 3.82. The van der Waals surface area contributed by atoms with E-state index in [1.807, 2.05) is 0 Å². The summed E-state index contributed by atoms with van der Waals surface area (Å²) in [7, 11) is 0. The highest BCUT2D eigenvalue weighted by Crippen LogP contribution is 2.24.